The van der Waals surface area contributed by atoms with Gasteiger partial charge in [0.1, 0.15) is 0 Å². The Kier molecular flexibility index (Phi) is 6.47. The first-order chi connectivity index (χ1) is 6.87. The first-order valence-electron chi connectivity index (χ1n) is 5.03. The summed E-state index contributed by atoms with van der Waals surface area (Å²) in [6.07, 6.45) is 0.564. The average molecular weight is 219 g/mol. The Hall–Kier alpha value is -0.650. The number of carbonyl (C=O) groups is 1. The summed E-state index contributed by atoms with van der Waals surface area (Å²) in [5.74, 6) is -0.880. The maximum absolute atomic E-state index is 10.4. The van der Waals surface area contributed by atoms with Gasteiger partial charge in [0.25, 0.3) is 0 Å². The third-order valence-electron chi connectivity index (χ3n) is 1.98. The van der Waals surface area contributed by atoms with E-state index in [1.54, 1.807) is 0 Å². The first-order valence-corrected chi connectivity index (χ1v) is 5.03. The Morgan fingerprint density at radius 1 is 1.53 bits per heavy atom. The van der Waals surface area contributed by atoms with Crippen molar-refractivity contribution in [2.24, 2.45) is 11.1 Å². The van der Waals surface area contributed by atoms with Gasteiger partial charge >= 0.3 is 5.97 Å². The molecule has 5 nitrogen and oxygen atoms in total. The predicted octanol–water partition coefficient (Wildman–Crippen LogP) is 0.214. The number of nitrogens with two attached hydrogens (primary N) is 1. The minimum absolute atomic E-state index is 0.00272. The number of rotatable bonds is 8. The molecule has 0 heterocycles. The molecule has 0 aromatic heterocycles. The standard InChI is InChI=1S/C10H21NO4/c1-10(2,7-15-4-3-12)6-8(11)5-9(13)14/h8,12H,3-7,11H2,1-2H3,(H,13,14). The molecule has 0 radical (unpaired) electrons. The Bertz CT molecular complexity index is 194. The molecule has 0 spiro atoms. The van der Waals surface area contributed by atoms with Crippen molar-refractivity contribution in [1.29, 1.82) is 0 Å². The summed E-state index contributed by atoms with van der Waals surface area (Å²) in [6.45, 7) is 4.70. The topological polar surface area (TPSA) is 92.8 Å². The van der Waals surface area contributed by atoms with Crippen LogP contribution < -0.4 is 5.73 Å². The summed E-state index contributed by atoms with van der Waals surface area (Å²) in [6, 6.07) is -0.352. The van der Waals surface area contributed by atoms with Crippen molar-refractivity contribution in [2.75, 3.05) is 19.8 Å². The molecule has 0 aromatic carbocycles. The molecule has 0 rings (SSSR count). The van der Waals surface area contributed by atoms with Gasteiger partial charge in [-0.1, -0.05) is 13.8 Å². The monoisotopic (exact) mass is 219 g/mol. The zero-order valence-electron chi connectivity index (χ0n) is 9.40. The second-order valence-corrected chi connectivity index (χ2v) is 4.50. The van der Waals surface area contributed by atoms with Gasteiger partial charge in [0.05, 0.1) is 26.2 Å². The molecule has 4 N–H and O–H groups in total. The van der Waals surface area contributed by atoms with Crippen LogP contribution in [0.15, 0.2) is 0 Å². The van der Waals surface area contributed by atoms with Crippen molar-refractivity contribution in [3.8, 4) is 0 Å². The van der Waals surface area contributed by atoms with Gasteiger partial charge in [-0.05, 0) is 11.8 Å². The lowest BCUT2D eigenvalue weighted by atomic mass is 9.86. The maximum atomic E-state index is 10.4. The average Bonchev–Trinajstić information content (AvgIpc) is 2.00. The molecule has 1 atom stereocenters. The number of aliphatic carboxylic acids is 1. The zero-order chi connectivity index (χ0) is 11.9. The van der Waals surface area contributed by atoms with E-state index in [9.17, 15) is 4.79 Å². The predicted molar refractivity (Wildman–Crippen MR) is 56.5 cm³/mol. The number of hydrogen-bond donors (Lipinski definition) is 3. The van der Waals surface area contributed by atoms with Crippen LogP contribution in [0.25, 0.3) is 0 Å². The molecule has 15 heavy (non-hydrogen) atoms. The van der Waals surface area contributed by atoms with Crippen molar-refractivity contribution < 1.29 is 19.7 Å². The van der Waals surface area contributed by atoms with Gasteiger partial charge in [0, 0.05) is 6.04 Å². The van der Waals surface area contributed by atoms with E-state index in [2.05, 4.69) is 0 Å². The number of aliphatic hydroxyl groups is 1. The number of carboxylic acids is 1. The molecule has 0 bridgehead atoms. The smallest absolute Gasteiger partial charge is 0.304 e. The zero-order valence-corrected chi connectivity index (χ0v) is 9.40. The third-order valence-corrected chi connectivity index (χ3v) is 1.98. The van der Waals surface area contributed by atoms with E-state index in [1.165, 1.54) is 0 Å². The summed E-state index contributed by atoms with van der Waals surface area (Å²) in [7, 11) is 0. The Morgan fingerprint density at radius 2 is 2.13 bits per heavy atom. The van der Waals surface area contributed by atoms with Crippen LogP contribution in [0.5, 0.6) is 0 Å². The van der Waals surface area contributed by atoms with Gasteiger partial charge in [-0.3, -0.25) is 4.79 Å². The summed E-state index contributed by atoms with van der Waals surface area (Å²) < 4.78 is 5.20. The fraction of sp³-hybridized carbons (Fsp3) is 0.900. The molecule has 0 fully saturated rings. The van der Waals surface area contributed by atoms with E-state index >= 15 is 0 Å². The van der Waals surface area contributed by atoms with Gasteiger partial charge in [-0.2, -0.15) is 0 Å². The fourth-order valence-electron chi connectivity index (χ4n) is 1.48. The van der Waals surface area contributed by atoms with Gasteiger partial charge in [0.2, 0.25) is 0 Å². The van der Waals surface area contributed by atoms with Crippen LogP contribution in [0.2, 0.25) is 0 Å². The largest absolute Gasteiger partial charge is 0.481 e. The first kappa shape index (κ1) is 14.3. The van der Waals surface area contributed by atoms with Crippen LogP contribution in [0.1, 0.15) is 26.7 Å². The van der Waals surface area contributed by atoms with Crippen molar-refractivity contribution in [3.05, 3.63) is 0 Å². The lowest BCUT2D eigenvalue weighted by Gasteiger charge is -2.27. The summed E-state index contributed by atoms with van der Waals surface area (Å²) in [5.41, 5.74) is 5.52. The number of aliphatic hydroxyl groups excluding tert-OH is 1. The van der Waals surface area contributed by atoms with E-state index in [1.807, 2.05) is 13.8 Å². The van der Waals surface area contributed by atoms with E-state index in [0.717, 1.165) is 0 Å². The van der Waals surface area contributed by atoms with Crippen LogP contribution in [0.4, 0.5) is 0 Å². The Morgan fingerprint density at radius 3 is 2.60 bits per heavy atom. The van der Waals surface area contributed by atoms with Crippen molar-refractivity contribution in [3.63, 3.8) is 0 Å². The van der Waals surface area contributed by atoms with Gasteiger partial charge in [0.15, 0.2) is 0 Å². The molecular formula is C10H21NO4. The highest BCUT2D eigenvalue weighted by molar-refractivity contribution is 5.67. The summed E-state index contributed by atoms with van der Waals surface area (Å²) >= 11 is 0. The van der Waals surface area contributed by atoms with Crippen molar-refractivity contribution >= 4 is 5.97 Å². The normalized spacial score (nSPS) is 13.9. The van der Waals surface area contributed by atoms with Crippen LogP contribution in [0, 0.1) is 5.41 Å². The molecular weight excluding hydrogens is 198 g/mol. The highest BCUT2D eigenvalue weighted by Crippen LogP contribution is 2.23. The molecule has 0 amide bonds. The molecule has 1 unspecified atom stereocenters. The lowest BCUT2D eigenvalue weighted by Crippen LogP contribution is -2.32. The van der Waals surface area contributed by atoms with Gasteiger partial charge < -0.3 is 20.7 Å². The van der Waals surface area contributed by atoms with Crippen molar-refractivity contribution in [1.82, 2.24) is 0 Å². The molecule has 0 aliphatic carbocycles. The third kappa shape index (κ3) is 8.35. The van der Waals surface area contributed by atoms with Crippen molar-refractivity contribution in [2.45, 2.75) is 32.7 Å². The van der Waals surface area contributed by atoms with Crippen LogP contribution >= 0.6 is 0 Å². The fourth-order valence-corrected chi connectivity index (χ4v) is 1.48. The second kappa shape index (κ2) is 6.76. The van der Waals surface area contributed by atoms with E-state index < -0.39 is 5.97 Å². The summed E-state index contributed by atoms with van der Waals surface area (Å²) in [5, 5.41) is 17.1. The number of hydrogen-bond acceptors (Lipinski definition) is 4. The molecule has 5 heteroatoms. The minimum atomic E-state index is -0.880. The van der Waals surface area contributed by atoms with E-state index in [-0.39, 0.29) is 24.5 Å². The number of ether oxygens (including phenoxy) is 1. The minimum Gasteiger partial charge on any atom is -0.481 e. The number of carboxylic acid groups (broad SMARTS) is 1. The lowest BCUT2D eigenvalue weighted by molar-refractivity contribution is -0.137. The molecule has 0 aliphatic rings. The Labute approximate surface area is 90.2 Å². The van der Waals surface area contributed by atoms with Crippen LogP contribution in [-0.4, -0.2) is 42.0 Å². The van der Waals surface area contributed by atoms with Crippen LogP contribution in [-0.2, 0) is 9.53 Å². The van der Waals surface area contributed by atoms with Gasteiger partial charge in [-0.25, -0.2) is 0 Å². The van der Waals surface area contributed by atoms with Gasteiger partial charge in [-0.15, -0.1) is 0 Å². The second-order valence-electron chi connectivity index (χ2n) is 4.50. The van der Waals surface area contributed by atoms with E-state index in [0.29, 0.717) is 19.6 Å². The maximum Gasteiger partial charge on any atom is 0.304 e. The molecule has 0 saturated heterocycles. The molecule has 0 saturated carbocycles. The summed E-state index contributed by atoms with van der Waals surface area (Å²) in [4.78, 5) is 10.4. The van der Waals surface area contributed by atoms with Crippen LogP contribution in [0.3, 0.4) is 0 Å². The molecule has 0 aliphatic heterocycles. The highest BCUT2D eigenvalue weighted by atomic mass is 16.5. The Balaban J connectivity index is 3.84. The molecule has 0 aromatic rings. The molecule has 90 valence electrons. The highest BCUT2D eigenvalue weighted by Gasteiger charge is 2.23. The quantitative estimate of drug-likeness (QED) is 0.508. The van der Waals surface area contributed by atoms with E-state index in [4.69, 9.17) is 20.7 Å². The SMILES string of the molecule is CC(C)(COCCO)CC(N)CC(=O)O.